The molecule has 2 N–H and O–H groups in total. The van der Waals surface area contributed by atoms with Gasteiger partial charge >= 0.3 is 6.03 Å². The highest BCUT2D eigenvalue weighted by Gasteiger charge is 1.96. The average molecular weight is 278 g/mol. The molecule has 0 bridgehead atoms. The fourth-order valence-electron chi connectivity index (χ4n) is 1.14. The summed E-state index contributed by atoms with van der Waals surface area (Å²) >= 11 is 0. The number of urea groups is 1. The van der Waals surface area contributed by atoms with E-state index in [1.54, 1.807) is 7.11 Å². The lowest BCUT2D eigenvalue weighted by Gasteiger charge is -2.07. The van der Waals surface area contributed by atoms with Crippen LogP contribution in [0.15, 0.2) is 0 Å². The standard InChI is InChI=1S/C12H26N2O5/c1-3-13-12(15)14-4-5-17-8-9-19-11-10-18-7-6-16-2/h3-11H2,1-2H3,(H2,13,14,15). The first kappa shape index (κ1) is 18.1. The molecule has 0 rings (SSSR count). The lowest BCUT2D eigenvalue weighted by molar-refractivity contribution is 0.00428. The molecule has 0 aromatic carbocycles. The number of carbonyl (C=O) groups excluding carboxylic acids is 1. The third-order valence-corrected chi connectivity index (χ3v) is 2.05. The summed E-state index contributed by atoms with van der Waals surface area (Å²) in [5, 5.41) is 5.30. The highest BCUT2D eigenvalue weighted by Crippen LogP contribution is 1.81. The van der Waals surface area contributed by atoms with E-state index in [4.69, 9.17) is 18.9 Å². The minimum Gasteiger partial charge on any atom is -0.382 e. The Morgan fingerprint density at radius 3 is 1.89 bits per heavy atom. The van der Waals surface area contributed by atoms with Gasteiger partial charge in [0.1, 0.15) is 0 Å². The van der Waals surface area contributed by atoms with Gasteiger partial charge in [0.15, 0.2) is 0 Å². The van der Waals surface area contributed by atoms with Crippen molar-refractivity contribution in [2.24, 2.45) is 0 Å². The first-order valence-electron chi connectivity index (χ1n) is 6.55. The largest absolute Gasteiger partial charge is 0.382 e. The van der Waals surface area contributed by atoms with Crippen LogP contribution in [0.4, 0.5) is 4.79 Å². The van der Waals surface area contributed by atoms with Gasteiger partial charge in [-0.25, -0.2) is 4.79 Å². The van der Waals surface area contributed by atoms with Crippen molar-refractivity contribution in [1.82, 2.24) is 10.6 Å². The van der Waals surface area contributed by atoms with Crippen LogP contribution < -0.4 is 10.6 Å². The van der Waals surface area contributed by atoms with Crippen LogP contribution >= 0.6 is 0 Å². The van der Waals surface area contributed by atoms with E-state index in [2.05, 4.69) is 10.6 Å². The van der Waals surface area contributed by atoms with E-state index in [1.165, 1.54) is 0 Å². The molecule has 7 nitrogen and oxygen atoms in total. The van der Waals surface area contributed by atoms with E-state index in [0.29, 0.717) is 59.3 Å². The van der Waals surface area contributed by atoms with Crippen LogP contribution in [0.5, 0.6) is 0 Å². The van der Waals surface area contributed by atoms with E-state index in [9.17, 15) is 4.79 Å². The van der Waals surface area contributed by atoms with Gasteiger partial charge < -0.3 is 29.6 Å². The smallest absolute Gasteiger partial charge is 0.314 e. The van der Waals surface area contributed by atoms with Crippen LogP contribution in [0.1, 0.15) is 6.92 Å². The molecule has 7 heteroatoms. The number of carbonyl (C=O) groups is 1. The van der Waals surface area contributed by atoms with Crippen molar-refractivity contribution in [2.75, 3.05) is 66.4 Å². The van der Waals surface area contributed by atoms with E-state index < -0.39 is 0 Å². The Kier molecular flexibility index (Phi) is 14.5. The normalized spacial score (nSPS) is 10.4. The molecular formula is C12H26N2O5. The predicted octanol–water partition coefficient (Wildman–Crippen LogP) is 0.00170. The molecule has 0 atom stereocenters. The molecular weight excluding hydrogens is 252 g/mol. The van der Waals surface area contributed by atoms with Crippen molar-refractivity contribution in [3.8, 4) is 0 Å². The maximum absolute atomic E-state index is 11.0. The Balaban J connectivity index is 3.01. The monoisotopic (exact) mass is 278 g/mol. The first-order valence-corrected chi connectivity index (χ1v) is 6.55. The Hall–Kier alpha value is -0.890. The van der Waals surface area contributed by atoms with Gasteiger partial charge in [-0.05, 0) is 6.92 Å². The maximum atomic E-state index is 11.0. The molecule has 114 valence electrons. The first-order chi connectivity index (χ1) is 9.31. The number of amides is 2. The number of methoxy groups -OCH3 is 1. The third-order valence-electron chi connectivity index (χ3n) is 2.05. The van der Waals surface area contributed by atoms with Gasteiger partial charge in [-0.2, -0.15) is 0 Å². The van der Waals surface area contributed by atoms with Crippen molar-refractivity contribution in [3.63, 3.8) is 0 Å². The molecule has 0 spiro atoms. The highest BCUT2D eigenvalue weighted by atomic mass is 16.6. The summed E-state index contributed by atoms with van der Waals surface area (Å²) in [5.41, 5.74) is 0. The lowest BCUT2D eigenvalue weighted by Crippen LogP contribution is -2.37. The van der Waals surface area contributed by atoms with Crippen LogP contribution in [-0.4, -0.2) is 72.5 Å². The molecule has 0 aliphatic carbocycles. The van der Waals surface area contributed by atoms with Crippen molar-refractivity contribution < 1.29 is 23.7 Å². The van der Waals surface area contributed by atoms with Crippen LogP contribution in [0.3, 0.4) is 0 Å². The van der Waals surface area contributed by atoms with E-state index in [-0.39, 0.29) is 6.03 Å². The van der Waals surface area contributed by atoms with Crippen LogP contribution in [0.25, 0.3) is 0 Å². The molecule has 0 unspecified atom stereocenters. The quantitative estimate of drug-likeness (QED) is 0.464. The maximum Gasteiger partial charge on any atom is 0.314 e. The zero-order chi connectivity index (χ0) is 14.2. The summed E-state index contributed by atoms with van der Waals surface area (Å²) < 4.78 is 20.6. The molecule has 0 aliphatic heterocycles. The number of rotatable bonds is 13. The van der Waals surface area contributed by atoms with Gasteiger partial charge in [-0.1, -0.05) is 0 Å². The topological polar surface area (TPSA) is 78.1 Å². The molecule has 0 fully saturated rings. The molecule has 0 saturated carbocycles. The summed E-state index contributed by atoms with van der Waals surface area (Å²) in [7, 11) is 1.64. The molecule has 2 amide bonds. The van der Waals surface area contributed by atoms with Gasteiger partial charge in [-0.3, -0.25) is 0 Å². The summed E-state index contributed by atoms with van der Waals surface area (Å²) in [4.78, 5) is 11.0. The Morgan fingerprint density at radius 2 is 1.37 bits per heavy atom. The van der Waals surface area contributed by atoms with Gasteiger partial charge in [0.05, 0.1) is 46.2 Å². The van der Waals surface area contributed by atoms with Crippen molar-refractivity contribution in [2.45, 2.75) is 6.92 Å². The van der Waals surface area contributed by atoms with Crippen LogP contribution in [0, 0.1) is 0 Å². The summed E-state index contributed by atoms with van der Waals surface area (Å²) in [6.07, 6.45) is 0. The molecule has 0 aromatic heterocycles. The lowest BCUT2D eigenvalue weighted by atomic mass is 10.6. The second kappa shape index (κ2) is 15.2. The molecule has 0 radical (unpaired) electrons. The van der Waals surface area contributed by atoms with E-state index in [0.717, 1.165) is 0 Å². The second-order valence-electron chi connectivity index (χ2n) is 3.62. The molecule has 19 heavy (non-hydrogen) atoms. The van der Waals surface area contributed by atoms with Crippen molar-refractivity contribution in [3.05, 3.63) is 0 Å². The fraction of sp³-hybridized carbons (Fsp3) is 0.917. The van der Waals surface area contributed by atoms with E-state index >= 15 is 0 Å². The molecule has 0 aromatic rings. The van der Waals surface area contributed by atoms with Crippen LogP contribution in [0.2, 0.25) is 0 Å². The summed E-state index contributed by atoms with van der Waals surface area (Å²) in [6, 6.07) is -0.171. The number of ether oxygens (including phenoxy) is 4. The van der Waals surface area contributed by atoms with Crippen LogP contribution in [-0.2, 0) is 18.9 Å². The molecule has 0 aliphatic rings. The van der Waals surface area contributed by atoms with Crippen molar-refractivity contribution in [1.29, 1.82) is 0 Å². The fourth-order valence-corrected chi connectivity index (χ4v) is 1.14. The number of hydrogen-bond acceptors (Lipinski definition) is 5. The summed E-state index contributed by atoms with van der Waals surface area (Å²) in [6.45, 7) is 6.77. The van der Waals surface area contributed by atoms with E-state index in [1.807, 2.05) is 6.92 Å². The number of nitrogens with one attached hydrogen (secondary N) is 2. The Morgan fingerprint density at radius 1 is 0.842 bits per heavy atom. The molecule has 0 heterocycles. The average Bonchev–Trinajstić information content (AvgIpc) is 2.40. The SMILES string of the molecule is CCNC(=O)NCCOCCOCCOCCOC. The molecule has 0 saturated heterocycles. The highest BCUT2D eigenvalue weighted by molar-refractivity contribution is 5.73. The predicted molar refractivity (Wildman–Crippen MR) is 71.4 cm³/mol. The second-order valence-corrected chi connectivity index (χ2v) is 3.62. The zero-order valence-corrected chi connectivity index (χ0v) is 11.9. The zero-order valence-electron chi connectivity index (χ0n) is 11.9. The van der Waals surface area contributed by atoms with Crippen molar-refractivity contribution >= 4 is 6.03 Å². The van der Waals surface area contributed by atoms with Gasteiger partial charge in [-0.15, -0.1) is 0 Å². The Bertz CT molecular complexity index is 205. The van der Waals surface area contributed by atoms with Gasteiger partial charge in [0.2, 0.25) is 0 Å². The third kappa shape index (κ3) is 15.1. The Labute approximate surface area is 114 Å². The minimum absolute atomic E-state index is 0.171. The van der Waals surface area contributed by atoms with Gasteiger partial charge in [0, 0.05) is 20.2 Å². The van der Waals surface area contributed by atoms with Gasteiger partial charge in [0.25, 0.3) is 0 Å². The number of hydrogen-bond donors (Lipinski definition) is 2. The summed E-state index contributed by atoms with van der Waals surface area (Å²) in [5.74, 6) is 0. The minimum atomic E-state index is -0.171.